The van der Waals surface area contributed by atoms with Crippen molar-refractivity contribution in [3.63, 3.8) is 0 Å². The molecule has 246 valence electrons. The van der Waals surface area contributed by atoms with Crippen LogP contribution in [0.4, 0.5) is 5.69 Å². The molecule has 1 aromatic carbocycles. The average Bonchev–Trinajstić information content (AvgIpc) is 3.44. The molecule has 6 atom stereocenters. The number of piperazine rings is 1. The zero-order chi connectivity index (χ0) is 33.4. The number of rotatable bonds is 6. The molecule has 0 radical (unpaired) electrons. The Labute approximate surface area is 266 Å². The number of fused-ring (bicyclic) bond motifs is 3. The third-order valence-electron chi connectivity index (χ3n) is 10.4. The van der Waals surface area contributed by atoms with Gasteiger partial charge in [0.2, 0.25) is 5.91 Å². The lowest BCUT2D eigenvalue weighted by Crippen LogP contribution is -2.74. The number of benzene rings is 1. The molecule has 0 bridgehead atoms. The summed E-state index contributed by atoms with van der Waals surface area (Å²) in [5, 5.41) is 23.5. The monoisotopic (exact) mass is 635 g/mol. The fraction of sp³-hybridized carbons (Fsp3) is 0.545. The number of furan rings is 1. The molecule has 2 saturated carbocycles. The van der Waals surface area contributed by atoms with Crippen molar-refractivity contribution < 1.29 is 38.6 Å². The fourth-order valence-electron chi connectivity index (χ4n) is 8.07. The van der Waals surface area contributed by atoms with Gasteiger partial charge in [0.05, 0.1) is 29.6 Å². The van der Waals surface area contributed by atoms with E-state index >= 15 is 0 Å². The van der Waals surface area contributed by atoms with Gasteiger partial charge in [-0.05, 0) is 63.7 Å². The Bertz CT molecular complexity index is 1640. The lowest BCUT2D eigenvalue weighted by molar-refractivity contribution is -0.181. The van der Waals surface area contributed by atoms with E-state index in [0.717, 1.165) is 26.2 Å². The minimum Gasteiger partial charge on any atom is -0.506 e. The number of phenols is 1. The lowest BCUT2D eigenvalue weighted by Gasteiger charge is -2.52. The van der Waals surface area contributed by atoms with Crippen molar-refractivity contribution in [1.82, 2.24) is 14.7 Å². The molecule has 3 aliphatic carbocycles. The molecule has 3 fully saturated rings. The summed E-state index contributed by atoms with van der Waals surface area (Å²) in [6.07, 6.45) is 0.174. The van der Waals surface area contributed by atoms with E-state index in [1.807, 2.05) is 25.1 Å². The van der Waals surface area contributed by atoms with E-state index in [1.54, 1.807) is 26.2 Å². The molecule has 1 aliphatic heterocycles. The van der Waals surface area contributed by atoms with Gasteiger partial charge >= 0.3 is 0 Å². The largest absolute Gasteiger partial charge is 0.506 e. The summed E-state index contributed by atoms with van der Waals surface area (Å²) in [5.74, 6) is -9.72. The number of aromatic hydroxyl groups is 1. The number of phenolic OH excluding ortho intramolecular Hbond substituents is 1. The van der Waals surface area contributed by atoms with E-state index in [9.17, 15) is 34.2 Å². The predicted molar refractivity (Wildman–Crippen MR) is 166 cm³/mol. The van der Waals surface area contributed by atoms with Crippen LogP contribution in [0.3, 0.4) is 0 Å². The number of anilines is 1. The fourth-order valence-corrected chi connectivity index (χ4v) is 8.07. The summed E-state index contributed by atoms with van der Waals surface area (Å²) >= 11 is 0. The number of hydrogen-bond acceptors (Lipinski definition) is 12. The first kappa shape index (κ1) is 32.0. The number of primary amides is 1. The maximum Gasteiger partial charge on any atom is 0.235 e. The highest BCUT2D eigenvalue weighted by molar-refractivity contribution is 6.32. The van der Waals surface area contributed by atoms with Crippen LogP contribution in [-0.4, -0.2) is 127 Å². The van der Waals surface area contributed by atoms with E-state index < -0.39 is 64.4 Å². The number of amides is 1. The number of hydrogen-bond donors (Lipinski definition) is 3. The highest BCUT2D eigenvalue weighted by atomic mass is 16.3. The van der Waals surface area contributed by atoms with Crippen LogP contribution < -0.4 is 10.6 Å². The zero-order valence-electron chi connectivity index (χ0n) is 26.8. The Hall–Kier alpha value is -3.91. The van der Waals surface area contributed by atoms with Gasteiger partial charge in [0.25, 0.3) is 0 Å². The minimum absolute atomic E-state index is 0.00683. The summed E-state index contributed by atoms with van der Waals surface area (Å²) in [7, 11) is 8.82. The van der Waals surface area contributed by atoms with E-state index in [4.69, 9.17) is 10.2 Å². The third-order valence-corrected chi connectivity index (χ3v) is 10.4. The number of nitrogens with two attached hydrogens (primary N) is 1. The second-order valence-corrected chi connectivity index (χ2v) is 13.7. The van der Waals surface area contributed by atoms with Gasteiger partial charge in [-0.25, -0.2) is 0 Å². The Morgan fingerprint density at radius 3 is 2.35 bits per heavy atom. The Balaban J connectivity index is 1.40. The van der Waals surface area contributed by atoms with Crippen LogP contribution in [0.5, 0.6) is 5.75 Å². The smallest absolute Gasteiger partial charge is 0.235 e. The summed E-state index contributed by atoms with van der Waals surface area (Å²) in [6, 6.07) is 4.19. The van der Waals surface area contributed by atoms with Crippen molar-refractivity contribution >= 4 is 34.7 Å². The van der Waals surface area contributed by atoms with E-state index in [0.29, 0.717) is 29.3 Å². The Morgan fingerprint density at radius 2 is 1.74 bits per heavy atom. The topological polar surface area (TPSA) is 178 Å². The van der Waals surface area contributed by atoms with Crippen LogP contribution in [0.2, 0.25) is 0 Å². The van der Waals surface area contributed by atoms with E-state index in [1.165, 1.54) is 4.90 Å². The van der Waals surface area contributed by atoms with Crippen molar-refractivity contribution in [1.29, 1.82) is 0 Å². The van der Waals surface area contributed by atoms with Gasteiger partial charge < -0.3 is 30.2 Å². The molecule has 4 aliphatic rings. The molecular weight excluding hydrogens is 594 g/mol. The normalized spacial score (nSPS) is 30.3. The van der Waals surface area contributed by atoms with Crippen molar-refractivity contribution in [3.8, 4) is 17.1 Å². The van der Waals surface area contributed by atoms with Gasteiger partial charge in [0, 0.05) is 51.9 Å². The first-order valence-corrected chi connectivity index (χ1v) is 15.6. The van der Waals surface area contributed by atoms with Gasteiger partial charge in [-0.15, -0.1) is 0 Å². The summed E-state index contributed by atoms with van der Waals surface area (Å²) < 4.78 is 6.17. The molecule has 4 N–H and O–H groups in total. The number of carbonyl (C=O) groups excluding carboxylic acids is 5. The second kappa shape index (κ2) is 11.4. The van der Waals surface area contributed by atoms with Gasteiger partial charge in [-0.3, -0.25) is 33.8 Å². The SMILES string of the molecule is CN1CCN(Cc2ccc(-c3cc(N(C)C)c4c(c3O)C(=O)C3C(=O)[C@@]5(O)C(=O)C(C(N)=O)C(=O)[C@H](N(C)C)[C@H]5C[C@H]3C4)o2)CC1. The van der Waals surface area contributed by atoms with Crippen LogP contribution in [0.25, 0.3) is 11.3 Å². The molecule has 6 rings (SSSR count). The number of carbonyl (C=O) groups is 5. The molecule has 2 unspecified atom stereocenters. The van der Waals surface area contributed by atoms with Crippen molar-refractivity contribution in [2.75, 3.05) is 66.3 Å². The molecule has 1 aromatic heterocycles. The first-order chi connectivity index (χ1) is 21.7. The minimum atomic E-state index is -2.77. The van der Waals surface area contributed by atoms with Crippen molar-refractivity contribution in [2.24, 2.45) is 29.4 Å². The van der Waals surface area contributed by atoms with Gasteiger partial charge in [-0.2, -0.15) is 0 Å². The molecular formula is C33H41N5O8. The molecule has 0 spiro atoms. The van der Waals surface area contributed by atoms with Gasteiger partial charge in [-0.1, -0.05) is 0 Å². The number of Topliss-reactive ketones (excluding diaryl/α,β-unsaturated/α-hetero) is 4. The Morgan fingerprint density at radius 1 is 1.07 bits per heavy atom. The van der Waals surface area contributed by atoms with Gasteiger partial charge in [0.15, 0.2) is 34.7 Å². The lowest BCUT2D eigenvalue weighted by atomic mass is 9.52. The zero-order valence-corrected chi connectivity index (χ0v) is 26.8. The number of ketones is 4. The summed E-state index contributed by atoms with van der Waals surface area (Å²) in [5.41, 5.74) is 4.04. The maximum atomic E-state index is 14.3. The second-order valence-electron chi connectivity index (χ2n) is 13.7. The maximum absolute atomic E-state index is 14.3. The van der Waals surface area contributed by atoms with Crippen LogP contribution in [0, 0.1) is 23.7 Å². The van der Waals surface area contributed by atoms with Crippen molar-refractivity contribution in [3.05, 3.63) is 35.1 Å². The molecule has 46 heavy (non-hydrogen) atoms. The highest BCUT2D eigenvalue weighted by Crippen LogP contribution is 2.53. The molecule has 1 saturated heterocycles. The highest BCUT2D eigenvalue weighted by Gasteiger charge is 2.69. The molecule has 2 aromatic rings. The summed E-state index contributed by atoms with van der Waals surface area (Å²) in [4.78, 5) is 75.5. The number of likely N-dealkylation sites (N-methyl/N-ethyl adjacent to an activating group) is 2. The quantitative estimate of drug-likeness (QED) is 0.361. The molecule has 2 heterocycles. The molecule has 1 amide bonds. The first-order valence-electron chi connectivity index (χ1n) is 15.6. The average molecular weight is 636 g/mol. The van der Waals surface area contributed by atoms with E-state index in [2.05, 4.69) is 16.8 Å². The molecule has 13 nitrogen and oxygen atoms in total. The van der Waals surface area contributed by atoms with Crippen LogP contribution in [0.15, 0.2) is 22.6 Å². The third kappa shape index (κ3) is 4.79. The summed E-state index contributed by atoms with van der Waals surface area (Å²) in [6.45, 7) is 4.28. The number of aliphatic hydroxyl groups is 1. The van der Waals surface area contributed by atoms with Crippen LogP contribution >= 0.6 is 0 Å². The van der Waals surface area contributed by atoms with Crippen molar-refractivity contribution in [2.45, 2.75) is 31.0 Å². The van der Waals surface area contributed by atoms with E-state index in [-0.39, 0.29) is 29.7 Å². The van der Waals surface area contributed by atoms with Gasteiger partial charge in [0.1, 0.15) is 17.3 Å². The van der Waals surface area contributed by atoms with Crippen LogP contribution in [-0.2, 0) is 32.1 Å². The Kier molecular flexibility index (Phi) is 7.95. The van der Waals surface area contributed by atoms with Crippen LogP contribution in [0.1, 0.15) is 28.1 Å². The standard InChI is InChI=1S/C33H41N5O8/c1-35(2)21-14-19(22-7-6-17(46-22)15-38-10-8-37(5)9-11-38)27(39)24-18(21)12-16-13-20-26(36(3)4)29(41)25(32(34)44)31(43)33(20,45)30(42)23(16)28(24)40/h6-7,14,16,20,23,25-26,39,45H,8-13,15H2,1-5H3,(H2,34,44)/t16-,20-,23?,25?,26-,33-/m1/s1. The molecule has 13 heteroatoms. The number of nitrogens with zero attached hydrogens (tertiary/aromatic N) is 4. The predicted octanol–water partition coefficient (Wildman–Crippen LogP) is -0.0596.